The van der Waals surface area contributed by atoms with Crippen molar-refractivity contribution >= 4 is 11.6 Å². The highest BCUT2D eigenvalue weighted by Crippen LogP contribution is 2.11. The third kappa shape index (κ3) is 4.16. The van der Waals surface area contributed by atoms with Crippen LogP contribution in [0.25, 0.3) is 0 Å². The lowest BCUT2D eigenvalue weighted by Gasteiger charge is -2.05. The van der Waals surface area contributed by atoms with E-state index in [-0.39, 0.29) is 5.91 Å². The number of anilines is 1. The van der Waals surface area contributed by atoms with Gasteiger partial charge in [-0.15, -0.1) is 0 Å². The zero-order valence-electron chi connectivity index (χ0n) is 11.9. The first-order valence-corrected chi connectivity index (χ1v) is 6.78. The van der Waals surface area contributed by atoms with Crippen LogP contribution < -0.4 is 11.1 Å². The Balaban J connectivity index is 2.05. The minimum Gasteiger partial charge on any atom is -0.321 e. The number of hydrogen-bond acceptors (Lipinski definition) is 3. The van der Waals surface area contributed by atoms with Crippen molar-refractivity contribution in [2.75, 3.05) is 11.9 Å². The fourth-order valence-electron chi connectivity index (χ4n) is 1.77. The van der Waals surface area contributed by atoms with Crippen molar-refractivity contribution in [2.45, 2.75) is 13.3 Å². The molecule has 0 bridgehead atoms. The van der Waals surface area contributed by atoms with E-state index in [1.807, 2.05) is 24.3 Å². The van der Waals surface area contributed by atoms with Crippen LogP contribution in [-0.4, -0.2) is 17.4 Å². The van der Waals surface area contributed by atoms with Gasteiger partial charge in [-0.3, -0.25) is 4.79 Å². The summed E-state index contributed by atoms with van der Waals surface area (Å²) in [5.41, 5.74) is 8.38. The van der Waals surface area contributed by atoms with Crippen LogP contribution in [0.4, 0.5) is 5.69 Å². The number of rotatable bonds is 3. The lowest BCUT2D eigenvalue weighted by molar-refractivity contribution is 0.102. The predicted octanol–water partition coefficient (Wildman–Crippen LogP) is 2.21. The van der Waals surface area contributed by atoms with Crippen molar-refractivity contribution in [1.82, 2.24) is 4.98 Å². The minimum atomic E-state index is -0.238. The summed E-state index contributed by atoms with van der Waals surface area (Å²) < 4.78 is 0. The standard InChI is InChI=1S/C17H17N3O/c1-2-13-5-8-15(9-6-13)20-17(21)16-10-7-14(12-19-16)4-3-11-18/h5-10,12H,2,11,18H2,1H3,(H,20,21). The number of carbonyl (C=O) groups excluding carboxylic acids is 1. The Bertz CT molecular complexity index is 664. The Morgan fingerprint density at radius 2 is 2.00 bits per heavy atom. The molecule has 21 heavy (non-hydrogen) atoms. The molecule has 1 aromatic heterocycles. The second kappa shape index (κ2) is 7.22. The number of hydrogen-bond donors (Lipinski definition) is 2. The van der Waals surface area contributed by atoms with Gasteiger partial charge < -0.3 is 11.1 Å². The van der Waals surface area contributed by atoms with Gasteiger partial charge in [0.05, 0.1) is 6.54 Å². The summed E-state index contributed by atoms with van der Waals surface area (Å²) in [6.45, 7) is 2.39. The molecule has 2 aromatic rings. The van der Waals surface area contributed by atoms with E-state index in [1.165, 1.54) is 5.56 Å². The van der Waals surface area contributed by atoms with Crippen LogP contribution in [0.2, 0.25) is 0 Å². The lowest BCUT2D eigenvalue weighted by Crippen LogP contribution is -2.13. The number of nitrogens with zero attached hydrogens (tertiary/aromatic N) is 1. The van der Waals surface area contributed by atoms with E-state index in [4.69, 9.17) is 5.73 Å². The fourth-order valence-corrected chi connectivity index (χ4v) is 1.77. The van der Waals surface area contributed by atoms with Crippen molar-refractivity contribution in [2.24, 2.45) is 5.73 Å². The molecule has 106 valence electrons. The number of aryl methyl sites for hydroxylation is 1. The van der Waals surface area contributed by atoms with E-state index in [0.717, 1.165) is 17.7 Å². The zero-order valence-corrected chi connectivity index (χ0v) is 11.9. The molecular formula is C17H17N3O. The topological polar surface area (TPSA) is 68.0 Å². The average Bonchev–Trinajstić information content (AvgIpc) is 2.54. The maximum atomic E-state index is 12.1. The van der Waals surface area contributed by atoms with Crippen LogP contribution in [-0.2, 0) is 6.42 Å². The third-order valence-corrected chi connectivity index (χ3v) is 2.95. The SMILES string of the molecule is CCc1ccc(NC(=O)c2ccc(C#CCN)cn2)cc1. The Labute approximate surface area is 124 Å². The number of pyridine rings is 1. The maximum absolute atomic E-state index is 12.1. The van der Waals surface area contributed by atoms with Crippen LogP contribution in [0, 0.1) is 11.8 Å². The Morgan fingerprint density at radius 1 is 1.24 bits per heavy atom. The van der Waals surface area contributed by atoms with Crippen molar-refractivity contribution in [1.29, 1.82) is 0 Å². The summed E-state index contributed by atoms with van der Waals surface area (Å²) in [5, 5.41) is 2.81. The predicted molar refractivity (Wildman–Crippen MR) is 83.9 cm³/mol. The Kier molecular flexibility index (Phi) is 5.08. The average molecular weight is 279 g/mol. The van der Waals surface area contributed by atoms with E-state index in [0.29, 0.717) is 12.2 Å². The molecule has 1 amide bonds. The van der Waals surface area contributed by atoms with Gasteiger partial charge in [0.25, 0.3) is 5.91 Å². The molecule has 3 N–H and O–H groups in total. The second-order valence-corrected chi connectivity index (χ2v) is 4.44. The normalized spacial score (nSPS) is 9.62. The van der Waals surface area contributed by atoms with Crippen molar-refractivity contribution in [3.63, 3.8) is 0 Å². The van der Waals surface area contributed by atoms with E-state index in [2.05, 4.69) is 29.1 Å². The molecule has 1 aromatic carbocycles. The molecule has 0 fully saturated rings. The molecule has 0 aliphatic carbocycles. The number of nitrogens with one attached hydrogen (secondary N) is 1. The Morgan fingerprint density at radius 3 is 2.57 bits per heavy atom. The van der Waals surface area contributed by atoms with E-state index >= 15 is 0 Å². The molecule has 4 nitrogen and oxygen atoms in total. The lowest BCUT2D eigenvalue weighted by atomic mass is 10.1. The number of amides is 1. The molecule has 1 heterocycles. The van der Waals surface area contributed by atoms with Gasteiger partial charge in [0.2, 0.25) is 0 Å². The quantitative estimate of drug-likeness (QED) is 0.846. The van der Waals surface area contributed by atoms with Gasteiger partial charge in [0.15, 0.2) is 0 Å². The van der Waals surface area contributed by atoms with E-state index in [9.17, 15) is 4.79 Å². The molecule has 0 spiro atoms. The molecule has 0 unspecified atom stereocenters. The van der Waals surface area contributed by atoms with Gasteiger partial charge in [0.1, 0.15) is 5.69 Å². The van der Waals surface area contributed by atoms with E-state index < -0.39 is 0 Å². The molecular weight excluding hydrogens is 262 g/mol. The molecule has 2 rings (SSSR count). The van der Waals surface area contributed by atoms with Gasteiger partial charge >= 0.3 is 0 Å². The van der Waals surface area contributed by atoms with Crippen LogP contribution in [0.15, 0.2) is 42.6 Å². The maximum Gasteiger partial charge on any atom is 0.274 e. The zero-order chi connectivity index (χ0) is 15.1. The molecule has 0 radical (unpaired) electrons. The van der Waals surface area contributed by atoms with Gasteiger partial charge in [-0.05, 0) is 36.2 Å². The van der Waals surface area contributed by atoms with Gasteiger partial charge in [-0.25, -0.2) is 4.98 Å². The first-order valence-electron chi connectivity index (χ1n) is 6.78. The molecule has 0 aliphatic rings. The first-order chi connectivity index (χ1) is 10.2. The number of aromatic nitrogens is 1. The summed E-state index contributed by atoms with van der Waals surface area (Å²) >= 11 is 0. The molecule has 4 heteroatoms. The molecule has 0 saturated heterocycles. The van der Waals surface area contributed by atoms with Crippen molar-refractivity contribution in [3.05, 3.63) is 59.4 Å². The van der Waals surface area contributed by atoms with Crippen molar-refractivity contribution < 1.29 is 4.79 Å². The van der Waals surface area contributed by atoms with Gasteiger partial charge in [-0.1, -0.05) is 30.9 Å². The molecule has 0 atom stereocenters. The highest BCUT2D eigenvalue weighted by Gasteiger charge is 2.07. The summed E-state index contributed by atoms with van der Waals surface area (Å²) in [7, 11) is 0. The minimum absolute atomic E-state index is 0.238. The van der Waals surface area contributed by atoms with Crippen LogP contribution in [0.3, 0.4) is 0 Å². The highest BCUT2D eigenvalue weighted by molar-refractivity contribution is 6.02. The smallest absolute Gasteiger partial charge is 0.274 e. The van der Waals surface area contributed by atoms with Crippen LogP contribution in [0.1, 0.15) is 28.5 Å². The first kappa shape index (κ1) is 14.8. The monoisotopic (exact) mass is 279 g/mol. The second-order valence-electron chi connectivity index (χ2n) is 4.44. The number of nitrogens with two attached hydrogens (primary N) is 1. The molecule has 0 aliphatic heterocycles. The highest BCUT2D eigenvalue weighted by atomic mass is 16.1. The van der Waals surface area contributed by atoms with Crippen LogP contribution >= 0.6 is 0 Å². The number of benzene rings is 1. The van der Waals surface area contributed by atoms with Gasteiger partial charge in [0, 0.05) is 17.4 Å². The number of carbonyl (C=O) groups is 1. The Hall–Kier alpha value is -2.64. The summed E-state index contributed by atoms with van der Waals surface area (Å²) in [6.07, 6.45) is 2.54. The van der Waals surface area contributed by atoms with Gasteiger partial charge in [-0.2, -0.15) is 0 Å². The largest absolute Gasteiger partial charge is 0.321 e. The summed E-state index contributed by atoms with van der Waals surface area (Å²) in [6, 6.07) is 11.2. The third-order valence-electron chi connectivity index (χ3n) is 2.95. The molecule has 0 saturated carbocycles. The van der Waals surface area contributed by atoms with Crippen LogP contribution in [0.5, 0.6) is 0 Å². The fraction of sp³-hybridized carbons (Fsp3) is 0.176. The summed E-state index contributed by atoms with van der Waals surface area (Å²) in [4.78, 5) is 16.2. The van der Waals surface area contributed by atoms with Crippen molar-refractivity contribution in [3.8, 4) is 11.8 Å². The summed E-state index contributed by atoms with van der Waals surface area (Å²) in [5.74, 6) is 5.37. The van der Waals surface area contributed by atoms with E-state index in [1.54, 1.807) is 18.3 Å².